The Kier molecular flexibility index (Phi) is 7.45. The van der Waals surface area contributed by atoms with E-state index in [1.54, 1.807) is 30.5 Å². The van der Waals surface area contributed by atoms with E-state index in [0.717, 1.165) is 5.69 Å². The van der Waals surface area contributed by atoms with Gasteiger partial charge in [0.25, 0.3) is 5.91 Å². The lowest BCUT2D eigenvalue weighted by molar-refractivity contribution is -0.222. The maximum Gasteiger partial charge on any atom is 0.277 e. The molecule has 0 aliphatic rings. The van der Waals surface area contributed by atoms with Gasteiger partial charge in [-0.2, -0.15) is 0 Å². The number of aromatic nitrogens is 1. The van der Waals surface area contributed by atoms with Gasteiger partial charge < -0.3 is 14.8 Å². The molecule has 0 bridgehead atoms. The highest BCUT2D eigenvalue weighted by atomic mass is 35.5. The van der Waals surface area contributed by atoms with Crippen molar-refractivity contribution < 1.29 is 14.3 Å². The molecule has 1 N–H and O–H groups in total. The first-order valence-corrected chi connectivity index (χ1v) is 10.3. The molecule has 5 nitrogen and oxygen atoms in total. The molecule has 0 aliphatic heterocycles. The Balaban J connectivity index is 2.01. The van der Waals surface area contributed by atoms with Crippen LogP contribution in [0.5, 0.6) is 0 Å². The molecule has 1 aromatic heterocycles. The van der Waals surface area contributed by atoms with Crippen LogP contribution in [0.2, 0.25) is 10.0 Å². The van der Waals surface area contributed by atoms with E-state index in [2.05, 4.69) is 10.3 Å². The standard InChI is InChI=1S/C23H22Cl2N2O3/c1-3-29-23(30-4-2,27-18-8-6-5-7-9-18)17-12-13-26-21(15-17)22(28)16-10-11-19(24)20(25)14-16/h5-15,27H,3-4H2,1-2H3. The SMILES string of the molecule is CCOC(Nc1ccccc1)(OCC)c1ccnc(C(=O)c2ccc(Cl)c(Cl)c2)c1. The highest BCUT2D eigenvalue weighted by Crippen LogP contribution is 2.30. The van der Waals surface area contributed by atoms with Crippen LogP contribution in [0, 0.1) is 0 Å². The van der Waals surface area contributed by atoms with Crippen LogP contribution in [0.15, 0.2) is 66.9 Å². The van der Waals surface area contributed by atoms with Crippen molar-refractivity contribution in [1.82, 2.24) is 4.98 Å². The van der Waals surface area contributed by atoms with Gasteiger partial charge in [-0.15, -0.1) is 0 Å². The van der Waals surface area contributed by atoms with E-state index in [4.69, 9.17) is 32.7 Å². The maximum absolute atomic E-state index is 13.0. The number of anilines is 1. The second-order valence-electron chi connectivity index (χ2n) is 6.36. The number of hydrogen-bond donors (Lipinski definition) is 1. The molecule has 0 radical (unpaired) electrons. The summed E-state index contributed by atoms with van der Waals surface area (Å²) in [6.07, 6.45) is 1.56. The zero-order valence-electron chi connectivity index (χ0n) is 16.7. The summed E-state index contributed by atoms with van der Waals surface area (Å²) in [7, 11) is 0. The molecule has 0 amide bonds. The highest BCUT2D eigenvalue weighted by molar-refractivity contribution is 6.42. The number of carbonyl (C=O) groups is 1. The summed E-state index contributed by atoms with van der Waals surface area (Å²) in [6.45, 7) is 4.53. The Labute approximate surface area is 185 Å². The lowest BCUT2D eigenvalue weighted by Crippen LogP contribution is -2.41. The Morgan fingerprint density at radius 2 is 1.67 bits per heavy atom. The smallest absolute Gasteiger partial charge is 0.277 e. The van der Waals surface area contributed by atoms with E-state index in [1.165, 1.54) is 6.07 Å². The third-order valence-electron chi connectivity index (χ3n) is 4.33. The van der Waals surface area contributed by atoms with Crippen molar-refractivity contribution in [2.24, 2.45) is 0 Å². The number of carbonyl (C=O) groups excluding carboxylic acids is 1. The Morgan fingerprint density at radius 3 is 2.30 bits per heavy atom. The molecule has 0 atom stereocenters. The van der Waals surface area contributed by atoms with Gasteiger partial charge >= 0.3 is 0 Å². The van der Waals surface area contributed by atoms with Crippen LogP contribution >= 0.6 is 23.2 Å². The summed E-state index contributed by atoms with van der Waals surface area (Å²) >= 11 is 12.0. The summed E-state index contributed by atoms with van der Waals surface area (Å²) < 4.78 is 12.0. The van der Waals surface area contributed by atoms with Gasteiger partial charge in [0.05, 0.1) is 10.0 Å². The molecule has 3 aromatic rings. The van der Waals surface area contributed by atoms with E-state index >= 15 is 0 Å². The summed E-state index contributed by atoms with van der Waals surface area (Å²) in [5.41, 5.74) is 2.06. The van der Waals surface area contributed by atoms with Crippen LogP contribution in [0.1, 0.15) is 35.5 Å². The molecule has 1 heterocycles. The van der Waals surface area contributed by atoms with Gasteiger partial charge in [-0.05, 0) is 56.3 Å². The molecule has 2 aromatic carbocycles. The van der Waals surface area contributed by atoms with Crippen molar-refractivity contribution in [3.63, 3.8) is 0 Å². The van der Waals surface area contributed by atoms with Crippen LogP contribution in [-0.2, 0) is 15.4 Å². The molecule has 156 valence electrons. The summed E-state index contributed by atoms with van der Waals surface area (Å²) in [5, 5.41) is 4.00. The van der Waals surface area contributed by atoms with E-state index < -0.39 is 5.91 Å². The van der Waals surface area contributed by atoms with Crippen molar-refractivity contribution in [2.75, 3.05) is 18.5 Å². The number of ether oxygens (including phenoxy) is 2. The molecule has 7 heteroatoms. The van der Waals surface area contributed by atoms with E-state index in [-0.39, 0.29) is 11.5 Å². The van der Waals surface area contributed by atoms with Crippen molar-refractivity contribution in [3.05, 3.63) is 93.7 Å². The largest absolute Gasteiger partial charge is 0.331 e. The maximum atomic E-state index is 13.0. The molecule has 0 unspecified atom stereocenters. The fourth-order valence-electron chi connectivity index (χ4n) is 3.02. The van der Waals surface area contributed by atoms with Gasteiger partial charge in [0.2, 0.25) is 5.78 Å². The zero-order chi connectivity index (χ0) is 21.6. The van der Waals surface area contributed by atoms with Crippen LogP contribution < -0.4 is 5.32 Å². The van der Waals surface area contributed by atoms with Crippen molar-refractivity contribution in [1.29, 1.82) is 0 Å². The van der Waals surface area contributed by atoms with Gasteiger partial charge in [0, 0.05) is 36.2 Å². The number of nitrogens with zero attached hydrogens (tertiary/aromatic N) is 1. The third kappa shape index (κ3) is 4.99. The number of benzene rings is 2. The first-order valence-electron chi connectivity index (χ1n) is 9.56. The molecule has 3 rings (SSSR count). The monoisotopic (exact) mass is 444 g/mol. The van der Waals surface area contributed by atoms with Crippen LogP contribution in [0.3, 0.4) is 0 Å². The molecular weight excluding hydrogens is 423 g/mol. The van der Waals surface area contributed by atoms with Gasteiger partial charge in [0.1, 0.15) is 5.69 Å². The molecule has 0 aliphatic carbocycles. The quantitative estimate of drug-likeness (QED) is 0.328. The number of halogens is 2. The third-order valence-corrected chi connectivity index (χ3v) is 5.07. The summed E-state index contributed by atoms with van der Waals surface area (Å²) in [6, 6.07) is 17.7. The first-order chi connectivity index (χ1) is 14.5. The van der Waals surface area contributed by atoms with Gasteiger partial charge in [-0.1, -0.05) is 41.4 Å². The number of pyridine rings is 1. The van der Waals surface area contributed by atoms with Crippen LogP contribution in [-0.4, -0.2) is 24.0 Å². The number of nitrogens with one attached hydrogen (secondary N) is 1. The number of para-hydroxylation sites is 1. The van der Waals surface area contributed by atoms with E-state index in [1.807, 2.05) is 44.2 Å². The van der Waals surface area contributed by atoms with E-state index in [9.17, 15) is 4.79 Å². The number of ketones is 1. The Bertz CT molecular complexity index is 1010. The fourth-order valence-corrected chi connectivity index (χ4v) is 3.31. The van der Waals surface area contributed by atoms with Crippen molar-refractivity contribution in [3.8, 4) is 0 Å². The molecule has 0 fully saturated rings. The highest BCUT2D eigenvalue weighted by Gasteiger charge is 2.35. The fraction of sp³-hybridized carbons (Fsp3) is 0.217. The minimum atomic E-state index is -1.28. The van der Waals surface area contributed by atoms with Crippen LogP contribution in [0.25, 0.3) is 0 Å². The lowest BCUT2D eigenvalue weighted by Gasteiger charge is -2.35. The zero-order valence-corrected chi connectivity index (χ0v) is 18.2. The van der Waals surface area contributed by atoms with E-state index in [0.29, 0.717) is 34.4 Å². The topological polar surface area (TPSA) is 60.4 Å². The normalized spacial score (nSPS) is 11.3. The van der Waals surface area contributed by atoms with Crippen molar-refractivity contribution >= 4 is 34.7 Å². The molecular formula is C23H22Cl2N2O3. The Morgan fingerprint density at radius 1 is 0.967 bits per heavy atom. The second-order valence-corrected chi connectivity index (χ2v) is 7.18. The second kappa shape index (κ2) is 10.0. The van der Waals surface area contributed by atoms with Gasteiger partial charge in [-0.3, -0.25) is 9.78 Å². The Hall–Kier alpha value is -2.44. The first kappa shape index (κ1) is 22.2. The van der Waals surface area contributed by atoms with Gasteiger partial charge in [-0.25, -0.2) is 0 Å². The average Bonchev–Trinajstić information content (AvgIpc) is 2.76. The predicted octanol–water partition coefficient (Wildman–Crippen LogP) is 5.91. The average molecular weight is 445 g/mol. The summed E-state index contributed by atoms with van der Waals surface area (Å²) in [4.78, 5) is 17.2. The molecule has 0 spiro atoms. The van der Waals surface area contributed by atoms with Crippen molar-refractivity contribution in [2.45, 2.75) is 19.8 Å². The molecule has 30 heavy (non-hydrogen) atoms. The molecule has 0 saturated heterocycles. The van der Waals surface area contributed by atoms with Gasteiger partial charge in [0.15, 0.2) is 0 Å². The predicted molar refractivity (Wildman–Crippen MR) is 119 cm³/mol. The number of rotatable bonds is 9. The minimum absolute atomic E-state index is 0.240. The number of hydrogen-bond acceptors (Lipinski definition) is 5. The van der Waals surface area contributed by atoms with Crippen LogP contribution in [0.4, 0.5) is 5.69 Å². The lowest BCUT2D eigenvalue weighted by atomic mass is 10.0. The molecule has 0 saturated carbocycles. The minimum Gasteiger partial charge on any atom is -0.331 e. The summed E-state index contributed by atoms with van der Waals surface area (Å²) in [5.74, 6) is -1.56.